The molecule has 0 aliphatic heterocycles. The summed E-state index contributed by atoms with van der Waals surface area (Å²) in [4.78, 5) is 14.9. The van der Waals surface area contributed by atoms with Gasteiger partial charge in [0.2, 0.25) is 0 Å². The predicted octanol–water partition coefficient (Wildman–Crippen LogP) is 12.9. The van der Waals surface area contributed by atoms with Crippen LogP contribution in [0.3, 0.4) is 0 Å². The Morgan fingerprint density at radius 1 is 0.357 bits per heavy atom. The third-order valence-electron chi connectivity index (χ3n) is 11.0. The Bertz CT molecular complexity index is 3130. The molecular weight excluding hydrogens is 683 g/mol. The van der Waals surface area contributed by atoms with Gasteiger partial charge in [-0.15, -0.1) is 0 Å². The molecule has 1 aliphatic carbocycles. The summed E-state index contributed by atoms with van der Waals surface area (Å²) in [7, 11) is 0. The number of para-hydroxylation sites is 2. The smallest absolute Gasteiger partial charge is 0.164 e. The fraction of sp³-hybridized carbons (Fsp3) is 0.0392. The van der Waals surface area contributed by atoms with E-state index >= 15 is 0 Å². The van der Waals surface area contributed by atoms with E-state index in [2.05, 4.69) is 137 Å². The maximum absolute atomic E-state index is 5.01. The Morgan fingerprint density at radius 3 is 1.61 bits per heavy atom. The monoisotopic (exact) mass is 717 g/mol. The van der Waals surface area contributed by atoms with Gasteiger partial charge < -0.3 is 9.13 Å². The Kier molecular flexibility index (Phi) is 7.56. The van der Waals surface area contributed by atoms with E-state index < -0.39 is 0 Å². The molecule has 0 saturated heterocycles. The first-order valence-corrected chi connectivity index (χ1v) is 19.2. The van der Waals surface area contributed by atoms with Crippen molar-refractivity contribution in [2.75, 3.05) is 0 Å². The third kappa shape index (κ3) is 5.36. The fourth-order valence-corrected chi connectivity index (χ4v) is 8.35. The highest BCUT2D eigenvalue weighted by molar-refractivity contribution is 6.13. The summed E-state index contributed by atoms with van der Waals surface area (Å²) in [6.07, 6.45) is 9.05. The Morgan fingerprint density at radius 2 is 0.911 bits per heavy atom. The van der Waals surface area contributed by atoms with Gasteiger partial charge in [-0.05, 0) is 72.5 Å². The van der Waals surface area contributed by atoms with Crippen molar-refractivity contribution in [3.63, 3.8) is 0 Å². The summed E-state index contributed by atoms with van der Waals surface area (Å²) in [5, 5.41) is 4.95. The average molecular weight is 718 g/mol. The van der Waals surface area contributed by atoms with Gasteiger partial charge in [0, 0.05) is 49.6 Å². The van der Waals surface area contributed by atoms with Gasteiger partial charge >= 0.3 is 0 Å². The van der Waals surface area contributed by atoms with E-state index in [0.717, 1.165) is 51.9 Å². The molecule has 0 unspecified atom stereocenters. The molecule has 1 aliphatic rings. The van der Waals surface area contributed by atoms with Gasteiger partial charge in [-0.2, -0.15) is 0 Å². The van der Waals surface area contributed by atoms with Crippen molar-refractivity contribution in [2.24, 2.45) is 0 Å². The van der Waals surface area contributed by atoms with Gasteiger partial charge in [0.25, 0.3) is 0 Å². The van der Waals surface area contributed by atoms with Crippen molar-refractivity contribution in [1.82, 2.24) is 24.1 Å². The molecule has 0 radical (unpaired) electrons. The quantitative estimate of drug-likeness (QED) is 0.172. The van der Waals surface area contributed by atoms with E-state index in [9.17, 15) is 0 Å². The van der Waals surface area contributed by atoms with Crippen molar-refractivity contribution < 1.29 is 0 Å². The van der Waals surface area contributed by atoms with Crippen molar-refractivity contribution >= 4 is 49.3 Å². The van der Waals surface area contributed by atoms with Crippen LogP contribution in [0.4, 0.5) is 0 Å². The number of rotatable bonds is 6. The highest BCUT2D eigenvalue weighted by Gasteiger charge is 2.18. The normalized spacial score (nSPS) is 12.9. The molecule has 0 N–H and O–H groups in total. The number of allylic oxidation sites excluding steroid dienone is 4. The average Bonchev–Trinajstić information content (AvgIpc) is 3.79. The first-order valence-electron chi connectivity index (χ1n) is 19.2. The molecule has 10 aromatic rings. The molecule has 0 amide bonds. The molecule has 0 atom stereocenters. The number of hydrogen-bond donors (Lipinski definition) is 0. The van der Waals surface area contributed by atoms with Crippen LogP contribution >= 0.6 is 0 Å². The topological polar surface area (TPSA) is 48.5 Å². The lowest BCUT2D eigenvalue weighted by atomic mass is 10.0. The second kappa shape index (κ2) is 13.2. The zero-order chi connectivity index (χ0) is 37.0. The molecule has 264 valence electrons. The molecule has 0 spiro atoms. The first kappa shape index (κ1) is 32.1. The number of hydrogen-bond acceptors (Lipinski definition) is 3. The van der Waals surface area contributed by atoms with Crippen LogP contribution in [0.15, 0.2) is 188 Å². The highest BCUT2D eigenvalue weighted by Crippen LogP contribution is 2.39. The zero-order valence-electron chi connectivity index (χ0n) is 30.5. The van der Waals surface area contributed by atoms with Gasteiger partial charge in [0.15, 0.2) is 17.5 Å². The summed E-state index contributed by atoms with van der Waals surface area (Å²) >= 11 is 0. The number of fused-ring (bicyclic) bond motifs is 6. The lowest BCUT2D eigenvalue weighted by Gasteiger charge is -2.13. The van der Waals surface area contributed by atoms with E-state index in [0.29, 0.717) is 17.5 Å². The van der Waals surface area contributed by atoms with Crippen LogP contribution in [0.25, 0.3) is 100 Å². The van der Waals surface area contributed by atoms with Crippen LogP contribution in [-0.2, 0) is 0 Å². The highest BCUT2D eigenvalue weighted by atomic mass is 15.0. The second-order valence-electron chi connectivity index (χ2n) is 14.4. The van der Waals surface area contributed by atoms with Crippen LogP contribution in [0.5, 0.6) is 0 Å². The van der Waals surface area contributed by atoms with Crippen LogP contribution in [-0.4, -0.2) is 24.1 Å². The second-order valence-corrected chi connectivity index (χ2v) is 14.4. The SMILES string of the molecule is C1=CC(n2c3ccccc3c3cc(-n4c5ccccc5c5ccc(-c6cccc(-c7nc(-c8ccccc8)nc(-c8ccccc8)n7)c6)cc54)ccc32)=CCC1. The van der Waals surface area contributed by atoms with Gasteiger partial charge in [0.1, 0.15) is 0 Å². The number of benzene rings is 7. The molecule has 3 aromatic heterocycles. The summed E-state index contributed by atoms with van der Waals surface area (Å²) < 4.78 is 4.84. The summed E-state index contributed by atoms with van der Waals surface area (Å²) in [6.45, 7) is 0. The minimum Gasteiger partial charge on any atom is -0.310 e. The van der Waals surface area contributed by atoms with Crippen molar-refractivity contribution in [1.29, 1.82) is 0 Å². The molecule has 0 bridgehead atoms. The molecule has 56 heavy (non-hydrogen) atoms. The van der Waals surface area contributed by atoms with Gasteiger partial charge in [0.05, 0.1) is 22.1 Å². The summed E-state index contributed by atoms with van der Waals surface area (Å²) in [6, 6.07) is 60.1. The lowest BCUT2D eigenvalue weighted by Crippen LogP contribution is -2.00. The maximum Gasteiger partial charge on any atom is 0.164 e. The molecule has 0 saturated carbocycles. The minimum atomic E-state index is 0.640. The number of nitrogens with zero attached hydrogens (tertiary/aromatic N) is 5. The molecule has 5 heteroatoms. The first-order chi connectivity index (χ1) is 27.8. The summed E-state index contributed by atoms with van der Waals surface area (Å²) in [5.74, 6) is 1.94. The van der Waals surface area contributed by atoms with E-state index in [-0.39, 0.29) is 0 Å². The molecule has 0 fully saturated rings. The number of aromatic nitrogens is 5. The molecule has 3 heterocycles. The predicted molar refractivity (Wildman–Crippen MR) is 232 cm³/mol. The third-order valence-corrected chi connectivity index (χ3v) is 11.0. The zero-order valence-corrected chi connectivity index (χ0v) is 30.5. The Hall–Kier alpha value is -7.37. The van der Waals surface area contributed by atoms with Crippen molar-refractivity contribution in [3.8, 4) is 51.0 Å². The maximum atomic E-state index is 5.01. The van der Waals surface area contributed by atoms with E-state index in [4.69, 9.17) is 15.0 Å². The van der Waals surface area contributed by atoms with Crippen molar-refractivity contribution in [2.45, 2.75) is 12.8 Å². The van der Waals surface area contributed by atoms with Gasteiger partial charge in [-0.25, -0.2) is 15.0 Å². The van der Waals surface area contributed by atoms with Crippen LogP contribution in [0.2, 0.25) is 0 Å². The molecule has 5 nitrogen and oxygen atoms in total. The van der Waals surface area contributed by atoms with Crippen molar-refractivity contribution in [3.05, 3.63) is 188 Å². The standard InChI is InChI=1S/C51H35N5/c1-4-15-34(16-5-1)49-52-50(35-17-6-2-7-18-35)54-51(53-49)38-20-14-19-36(31-38)37-27-29-43-41-23-10-12-25-45(41)56(48(43)32-37)40-28-30-47-44(33-40)42-24-11-13-26-46(42)55(47)39-21-8-3-9-22-39/h1-2,4-8,10-33H,3,9H2. The fourth-order valence-electron chi connectivity index (χ4n) is 8.35. The molecule has 7 aromatic carbocycles. The molecule has 11 rings (SSSR count). The van der Waals surface area contributed by atoms with E-state index in [1.54, 1.807) is 0 Å². The van der Waals surface area contributed by atoms with Gasteiger partial charge in [-0.1, -0.05) is 140 Å². The summed E-state index contributed by atoms with van der Waals surface area (Å²) in [5.41, 5.74) is 12.2. The lowest BCUT2D eigenvalue weighted by molar-refractivity contribution is 1.02. The largest absolute Gasteiger partial charge is 0.310 e. The Labute approximate surface area is 324 Å². The minimum absolute atomic E-state index is 0.640. The van der Waals surface area contributed by atoms with Crippen LogP contribution in [0, 0.1) is 0 Å². The van der Waals surface area contributed by atoms with Crippen LogP contribution < -0.4 is 0 Å². The molecular formula is C51H35N5. The van der Waals surface area contributed by atoms with Gasteiger partial charge in [-0.3, -0.25) is 0 Å². The van der Waals surface area contributed by atoms with E-state index in [1.807, 2.05) is 60.7 Å². The van der Waals surface area contributed by atoms with E-state index in [1.165, 1.54) is 43.8 Å². The Balaban J connectivity index is 1.07. The van der Waals surface area contributed by atoms with Crippen LogP contribution in [0.1, 0.15) is 12.8 Å².